The van der Waals surface area contributed by atoms with Gasteiger partial charge in [-0.3, -0.25) is 4.79 Å². The second kappa shape index (κ2) is 6.71. The van der Waals surface area contributed by atoms with Gasteiger partial charge in [-0.25, -0.2) is 0 Å². The lowest BCUT2D eigenvalue weighted by atomic mass is 10.0. The molecule has 1 amide bonds. The number of hydrogen-bond acceptors (Lipinski definition) is 2. The molecule has 3 nitrogen and oxygen atoms in total. The highest BCUT2D eigenvalue weighted by Gasteiger charge is 2.31. The second-order valence-corrected chi connectivity index (χ2v) is 5.54. The molecule has 2 N–H and O–H groups in total. The van der Waals surface area contributed by atoms with Gasteiger partial charge in [-0.1, -0.05) is 50.1 Å². The van der Waals surface area contributed by atoms with Crippen molar-refractivity contribution in [1.29, 1.82) is 0 Å². The van der Waals surface area contributed by atoms with Crippen molar-refractivity contribution < 1.29 is 9.90 Å². The number of benzene rings is 1. The van der Waals surface area contributed by atoms with Crippen LogP contribution in [0.3, 0.4) is 0 Å². The van der Waals surface area contributed by atoms with E-state index in [0.29, 0.717) is 6.54 Å². The maximum atomic E-state index is 12.0. The first kappa shape index (κ1) is 14.8. The maximum absolute atomic E-state index is 12.0. The highest BCUT2D eigenvalue weighted by molar-refractivity contribution is 5.95. The number of carbonyl (C=O) groups excluding carboxylic acids is 1. The lowest BCUT2D eigenvalue weighted by molar-refractivity contribution is -0.117. The molecule has 0 bridgehead atoms. The summed E-state index contributed by atoms with van der Waals surface area (Å²) in [5.74, 6) is -0.119. The summed E-state index contributed by atoms with van der Waals surface area (Å²) in [6, 6.07) is 9.92. The van der Waals surface area contributed by atoms with Gasteiger partial charge in [0.1, 0.15) is 0 Å². The van der Waals surface area contributed by atoms with E-state index in [1.165, 1.54) is 0 Å². The van der Waals surface area contributed by atoms with Gasteiger partial charge < -0.3 is 10.4 Å². The molecular formula is C17H23NO2. The van der Waals surface area contributed by atoms with E-state index in [0.717, 1.165) is 43.2 Å². The zero-order valence-electron chi connectivity index (χ0n) is 12.1. The molecular weight excluding hydrogens is 250 g/mol. The number of nitrogens with one attached hydrogen (secondary N) is 1. The summed E-state index contributed by atoms with van der Waals surface area (Å²) in [5.41, 5.74) is 1.40. The minimum absolute atomic E-state index is 0.119. The Bertz CT molecular complexity index is 473. The molecule has 0 radical (unpaired) electrons. The van der Waals surface area contributed by atoms with Gasteiger partial charge in [-0.05, 0) is 30.4 Å². The van der Waals surface area contributed by atoms with Gasteiger partial charge in [-0.2, -0.15) is 0 Å². The van der Waals surface area contributed by atoms with Crippen LogP contribution in [-0.2, 0) is 4.79 Å². The summed E-state index contributed by atoms with van der Waals surface area (Å²) in [4.78, 5) is 12.0. The van der Waals surface area contributed by atoms with Crippen LogP contribution in [0.5, 0.6) is 0 Å². The van der Waals surface area contributed by atoms with Crippen LogP contribution in [0.25, 0.3) is 5.57 Å². The van der Waals surface area contributed by atoms with Gasteiger partial charge in [0, 0.05) is 12.6 Å². The molecule has 108 valence electrons. The standard InChI is InChI=1S/C17H23NO2/c1-2-14(15-8-4-3-5-9-15)12-16(19)18-13-17(20)10-6-7-11-17/h3-5,8-9,12,20H,2,6-7,10-11,13H2,1H3,(H,18,19)/b14-12+. The van der Waals surface area contributed by atoms with Crippen molar-refractivity contribution in [3.8, 4) is 0 Å². The highest BCUT2D eigenvalue weighted by atomic mass is 16.3. The van der Waals surface area contributed by atoms with Crippen LogP contribution >= 0.6 is 0 Å². The molecule has 1 aromatic rings. The molecule has 1 fully saturated rings. The first-order valence-electron chi connectivity index (χ1n) is 7.39. The van der Waals surface area contributed by atoms with E-state index in [-0.39, 0.29) is 5.91 Å². The molecule has 1 aromatic carbocycles. The average molecular weight is 273 g/mol. The molecule has 0 aromatic heterocycles. The van der Waals surface area contributed by atoms with Crippen molar-refractivity contribution in [3.05, 3.63) is 42.0 Å². The third-order valence-corrected chi connectivity index (χ3v) is 3.96. The van der Waals surface area contributed by atoms with Crippen LogP contribution in [0.1, 0.15) is 44.6 Å². The number of amides is 1. The average Bonchev–Trinajstić information content (AvgIpc) is 2.91. The Morgan fingerprint density at radius 1 is 1.30 bits per heavy atom. The van der Waals surface area contributed by atoms with E-state index >= 15 is 0 Å². The van der Waals surface area contributed by atoms with Crippen molar-refractivity contribution in [1.82, 2.24) is 5.32 Å². The summed E-state index contributed by atoms with van der Waals surface area (Å²) in [6.07, 6.45) is 6.13. The number of rotatable bonds is 5. The smallest absolute Gasteiger partial charge is 0.244 e. The zero-order chi connectivity index (χ0) is 14.4. The van der Waals surface area contributed by atoms with Gasteiger partial charge in [0.05, 0.1) is 5.60 Å². The zero-order valence-corrected chi connectivity index (χ0v) is 12.1. The van der Waals surface area contributed by atoms with Crippen molar-refractivity contribution in [2.45, 2.75) is 44.6 Å². The Labute approximate surface area is 120 Å². The van der Waals surface area contributed by atoms with E-state index in [9.17, 15) is 9.90 Å². The Kier molecular flexibility index (Phi) is 4.96. The van der Waals surface area contributed by atoms with E-state index in [1.54, 1.807) is 6.08 Å². The van der Waals surface area contributed by atoms with Crippen LogP contribution in [0.2, 0.25) is 0 Å². The van der Waals surface area contributed by atoms with Gasteiger partial charge in [-0.15, -0.1) is 0 Å². The lowest BCUT2D eigenvalue weighted by Crippen LogP contribution is -2.40. The van der Waals surface area contributed by atoms with Crippen LogP contribution in [0, 0.1) is 0 Å². The molecule has 0 unspecified atom stereocenters. The molecule has 0 heterocycles. The maximum Gasteiger partial charge on any atom is 0.244 e. The van der Waals surface area contributed by atoms with E-state index < -0.39 is 5.60 Å². The van der Waals surface area contributed by atoms with Crippen molar-refractivity contribution >= 4 is 11.5 Å². The topological polar surface area (TPSA) is 49.3 Å². The Hall–Kier alpha value is -1.61. The van der Waals surface area contributed by atoms with Crippen LogP contribution < -0.4 is 5.32 Å². The predicted octanol–water partition coefficient (Wildman–Crippen LogP) is 2.90. The molecule has 2 rings (SSSR count). The minimum Gasteiger partial charge on any atom is -0.388 e. The third kappa shape index (κ3) is 3.94. The van der Waals surface area contributed by atoms with E-state index in [2.05, 4.69) is 5.32 Å². The first-order chi connectivity index (χ1) is 9.63. The quantitative estimate of drug-likeness (QED) is 0.810. The molecule has 20 heavy (non-hydrogen) atoms. The molecule has 1 aliphatic carbocycles. The van der Waals surface area contributed by atoms with Crippen molar-refractivity contribution in [2.24, 2.45) is 0 Å². The molecule has 0 saturated heterocycles. The Morgan fingerprint density at radius 2 is 1.95 bits per heavy atom. The summed E-state index contributed by atoms with van der Waals surface area (Å²) in [5, 5.41) is 13.0. The van der Waals surface area contributed by atoms with E-state index in [1.807, 2.05) is 37.3 Å². The van der Waals surface area contributed by atoms with Crippen LogP contribution in [0.15, 0.2) is 36.4 Å². The fourth-order valence-corrected chi connectivity index (χ4v) is 2.71. The molecule has 0 aliphatic heterocycles. The largest absolute Gasteiger partial charge is 0.388 e. The number of carbonyl (C=O) groups is 1. The van der Waals surface area contributed by atoms with Crippen molar-refractivity contribution in [2.75, 3.05) is 6.54 Å². The summed E-state index contributed by atoms with van der Waals surface area (Å²) in [7, 11) is 0. The Morgan fingerprint density at radius 3 is 2.55 bits per heavy atom. The van der Waals surface area contributed by atoms with E-state index in [4.69, 9.17) is 0 Å². The van der Waals surface area contributed by atoms with Gasteiger partial charge >= 0.3 is 0 Å². The number of allylic oxidation sites excluding steroid dienone is 1. The Balaban J connectivity index is 1.96. The predicted molar refractivity (Wildman–Crippen MR) is 81.1 cm³/mol. The van der Waals surface area contributed by atoms with Gasteiger partial charge in [0.25, 0.3) is 0 Å². The number of hydrogen-bond donors (Lipinski definition) is 2. The second-order valence-electron chi connectivity index (χ2n) is 5.54. The molecule has 0 spiro atoms. The SMILES string of the molecule is CC/C(=C\C(=O)NCC1(O)CCCC1)c1ccccc1. The molecule has 1 saturated carbocycles. The van der Waals surface area contributed by atoms with Crippen LogP contribution in [0.4, 0.5) is 0 Å². The lowest BCUT2D eigenvalue weighted by Gasteiger charge is -2.21. The van der Waals surface area contributed by atoms with Crippen LogP contribution in [-0.4, -0.2) is 23.2 Å². The normalized spacial score (nSPS) is 18.0. The fraction of sp³-hybridized carbons (Fsp3) is 0.471. The summed E-state index contributed by atoms with van der Waals surface area (Å²) >= 11 is 0. The monoisotopic (exact) mass is 273 g/mol. The summed E-state index contributed by atoms with van der Waals surface area (Å²) in [6.45, 7) is 2.39. The minimum atomic E-state index is -0.692. The molecule has 1 aliphatic rings. The van der Waals surface area contributed by atoms with Gasteiger partial charge in [0.2, 0.25) is 5.91 Å². The number of aliphatic hydroxyl groups is 1. The highest BCUT2D eigenvalue weighted by Crippen LogP contribution is 2.28. The fourth-order valence-electron chi connectivity index (χ4n) is 2.71. The first-order valence-corrected chi connectivity index (χ1v) is 7.39. The molecule has 3 heteroatoms. The van der Waals surface area contributed by atoms with Gasteiger partial charge in [0.15, 0.2) is 0 Å². The molecule has 0 atom stereocenters. The third-order valence-electron chi connectivity index (χ3n) is 3.96. The summed E-state index contributed by atoms with van der Waals surface area (Å²) < 4.78 is 0. The van der Waals surface area contributed by atoms with Crippen molar-refractivity contribution in [3.63, 3.8) is 0 Å².